The van der Waals surface area contributed by atoms with Crippen molar-refractivity contribution in [3.63, 3.8) is 0 Å². The van der Waals surface area contributed by atoms with Crippen LogP contribution in [0.1, 0.15) is 95.5 Å². The molecule has 5 atom stereocenters. The number of fused-ring (bicyclic) bond motifs is 3. The summed E-state index contributed by atoms with van der Waals surface area (Å²) < 4.78 is 61.9. The van der Waals surface area contributed by atoms with Gasteiger partial charge in [0.05, 0.1) is 36.0 Å². The summed E-state index contributed by atoms with van der Waals surface area (Å²) in [5.41, 5.74) is -1.04. The first kappa shape index (κ1) is 41.1. The van der Waals surface area contributed by atoms with E-state index in [0.717, 1.165) is 12.8 Å². The lowest BCUT2D eigenvalue weighted by Gasteiger charge is -2.29. The number of pyridine rings is 1. The second kappa shape index (κ2) is 15.9. The highest BCUT2D eigenvalue weighted by Crippen LogP contribution is 2.57. The van der Waals surface area contributed by atoms with Crippen molar-refractivity contribution in [1.29, 1.82) is 0 Å². The molecule has 1 aromatic carbocycles. The van der Waals surface area contributed by atoms with Gasteiger partial charge in [-0.3, -0.25) is 28.6 Å². The molecule has 3 aromatic rings. The molecule has 7 rings (SSSR count). The summed E-state index contributed by atoms with van der Waals surface area (Å²) in [4.78, 5) is 62.7. The minimum atomic E-state index is -3.99. The Bertz CT molecular complexity index is 2260. The van der Waals surface area contributed by atoms with Crippen LogP contribution in [0.3, 0.4) is 0 Å². The van der Waals surface area contributed by atoms with E-state index in [1.165, 1.54) is 28.8 Å². The fourth-order valence-electron chi connectivity index (χ4n) is 8.02. The van der Waals surface area contributed by atoms with E-state index in [4.69, 9.17) is 14.2 Å². The van der Waals surface area contributed by atoms with Crippen LogP contribution >= 0.6 is 0 Å². The minimum absolute atomic E-state index is 0.0164. The molecule has 312 valence electrons. The van der Waals surface area contributed by atoms with Crippen LogP contribution in [0.4, 0.5) is 4.39 Å². The number of halogens is 1. The largest absolute Gasteiger partial charge is 0.491 e. The number of ketones is 1. The van der Waals surface area contributed by atoms with Crippen molar-refractivity contribution in [2.24, 2.45) is 18.4 Å². The van der Waals surface area contributed by atoms with Crippen LogP contribution < -0.4 is 24.2 Å². The maximum absolute atomic E-state index is 14.9. The van der Waals surface area contributed by atoms with Gasteiger partial charge >= 0.3 is 0 Å². The zero-order chi connectivity index (χ0) is 41.6. The van der Waals surface area contributed by atoms with E-state index in [2.05, 4.69) is 20.1 Å². The number of benzene rings is 1. The third kappa shape index (κ3) is 8.27. The molecule has 2 aliphatic heterocycles. The molecule has 17 heteroatoms. The number of rotatable bonds is 10. The summed E-state index contributed by atoms with van der Waals surface area (Å²) in [6, 6.07) is 3.74. The van der Waals surface area contributed by atoms with Gasteiger partial charge in [-0.25, -0.2) is 17.8 Å². The molecule has 4 aliphatic rings. The molecule has 2 aliphatic carbocycles. The van der Waals surface area contributed by atoms with Gasteiger partial charge in [0.1, 0.15) is 29.1 Å². The third-order valence-corrected chi connectivity index (χ3v) is 13.9. The highest BCUT2D eigenvalue weighted by atomic mass is 32.2. The molecule has 15 nitrogen and oxygen atoms in total. The van der Waals surface area contributed by atoms with Crippen molar-refractivity contribution < 1.29 is 46.2 Å². The number of hydrogen-bond donors (Lipinski definition) is 2. The molecule has 2 aromatic heterocycles. The van der Waals surface area contributed by atoms with Gasteiger partial charge in [-0.1, -0.05) is 25.0 Å². The number of nitrogens with zero attached hydrogens (tertiary/aromatic N) is 4. The molecule has 3 amide bonds. The molecule has 0 radical (unpaired) electrons. The number of aryl methyl sites for hydroxylation is 1. The Balaban J connectivity index is 1.23. The van der Waals surface area contributed by atoms with Crippen molar-refractivity contribution in [2.45, 2.75) is 114 Å². The molecule has 1 saturated heterocycles. The lowest BCUT2D eigenvalue weighted by atomic mass is 9.91. The van der Waals surface area contributed by atoms with Gasteiger partial charge in [-0.15, -0.1) is 0 Å². The number of carbonyl (C=O) groups is 4. The van der Waals surface area contributed by atoms with E-state index in [-0.39, 0.29) is 66.4 Å². The lowest BCUT2D eigenvalue weighted by Crippen LogP contribution is -2.52. The van der Waals surface area contributed by atoms with Crippen LogP contribution in [0.15, 0.2) is 42.6 Å². The first-order valence-electron chi connectivity index (χ1n) is 19.9. The zero-order valence-electron chi connectivity index (χ0n) is 33.5. The number of hydrogen-bond acceptors (Lipinski definition) is 11. The topological polar surface area (TPSA) is 188 Å². The Morgan fingerprint density at radius 1 is 1.10 bits per heavy atom. The summed E-state index contributed by atoms with van der Waals surface area (Å²) >= 11 is 0. The molecule has 0 spiro atoms. The normalized spacial score (nSPS) is 26.5. The monoisotopic (exact) mass is 822 g/mol. The number of methoxy groups -OCH3 is 1. The predicted octanol–water partition coefficient (Wildman–Crippen LogP) is 4.53. The minimum Gasteiger partial charge on any atom is -0.491 e. The summed E-state index contributed by atoms with van der Waals surface area (Å²) in [5, 5.41) is 7.46. The lowest BCUT2D eigenvalue weighted by molar-refractivity contribution is -0.140. The van der Waals surface area contributed by atoms with Crippen LogP contribution in [-0.2, 0) is 31.5 Å². The molecule has 58 heavy (non-hydrogen) atoms. The van der Waals surface area contributed by atoms with Gasteiger partial charge in [0.25, 0.3) is 5.91 Å². The number of Topliss-reactive ketones (excluding diaryl/α,β-unsaturated/α-hetero) is 1. The average molecular weight is 823 g/mol. The van der Waals surface area contributed by atoms with E-state index in [1.807, 2.05) is 26.0 Å². The van der Waals surface area contributed by atoms with E-state index in [0.29, 0.717) is 37.5 Å². The Labute approximate surface area is 337 Å². The van der Waals surface area contributed by atoms with Crippen LogP contribution in [0, 0.1) is 17.2 Å². The number of sulfonamides is 1. The van der Waals surface area contributed by atoms with Crippen molar-refractivity contribution in [3.05, 3.63) is 54.1 Å². The quantitative estimate of drug-likeness (QED) is 0.274. The maximum atomic E-state index is 14.9. The second-order valence-corrected chi connectivity index (χ2v) is 18.7. The van der Waals surface area contributed by atoms with Crippen LogP contribution in [-0.4, -0.2) is 94.3 Å². The zero-order valence-corrected chi connectivity index (χ0v) is 34.3. The van der Waals surface area contributed by atoms with Gasteiger partial charge < -0.3 is 24.4 Å². The van der Waals surface area contributed by atoms with Gasteiger partial charge in [-0.2, -0.15) is 5.10 Å². The SMILES string of the molecule is COc1c(F)ccc2c(O[C@@H]3C[C@H]4C(=O)C[C@]5(C(=O)NS(=O)(=O)C6(C)CC6)C[C@H]5/C=C\CCCCC[C@H](NC(=O)c5ccn(C)n5)C(=O)N4C3)cc(OC(C)C)nc12. The highest BCUT2D eigenvalue weighted by molar-refractivity contribution is 7.91. The number of aromatic nitrogens is 3. The van der Waals surface area contributed by atoms with E-state index in [9.17, 15) is 32.0 Å². The van der Waals surface area contributed by atoms with Gasteiger partial charge in [0.15, 0.2) is 17.3 Å². The molecule has 0 unspecified atom stereocenters. The van der Waals surface area contributed by atoms with Crippen molar-refractivity contribution in [3.8, 4) is 17.4 Å². The molecule has 2 N–H and O–H groups in total. The number of ether oxygens (including phenoxy) is 3. The van der Waals surface area contributed by atoms with Gasteiger partial charge in [0.2, 0.25) is 27.7 Å². The summed E-state index contributed by atoms with van der Waals surface area (Å²) in [6.07, 6.45) is 8.38. The van der Waals surface area contributed by atoms with Crippen molar-refractivity contribution >= 4 is 44.4 Å². The Hall–Kier alpha value is -5.06. The number of carbonyl (C=O) groups excluding carboxylic acids is 4. The summed E-state index contributed by atoms with van der Waals surface area (Å²) in [7, 11) is -0.987. The molecule has 4 heterocycles. The van der Waals surface area contributed by atoms with Crippen molar-refractivity contribution in [2.75, 3.05) is 13.7 Å². The van der Waals surface area contributed by atoms with E-state index < -0.39 is 67.7 Å². The number of nitrogens with one attached hydrogen (secondary N) is 2. The fraction of sp³-hybridized carbons (Fsp3) is 0.561. The fourth-order valence-corrected chi connectivity index (χ4v) is 9.35. The molecular formula is C41H51FN6O9S. The summed E-state index contributed by atoms with van der Waals surface area (Å²) in [6.45, 7) is 5.15. The smallest absolute Gasteiger partial charge is 0.272 e. The Morgan fingerprint density at radius 2 is 1.88 bits per heavy atom. The van der Waals surface area contributed by atoms with Crippen LogP contribution in [0.2, 0.25) is 0 Å². The molecular weight excluding hydrogens is 772 g/mol. The van der Waals surface area contributed by atoms with Crippen LogP contribution in [0.5, 0.6) is 17.4 Å². The third-order valence-electron chi connectivity index (χ3n) is 11.8. The van der Waals surface area contributed by atoms with Crippen LogP contribution in [0.25, 0.3) is 10.9 Å². The van der Waals surface area contributed by atoms with E-state index >= 15 is 0 Å². The van der Waals surface area contributed by atoms with Crippen molar-refractivity contribution in [1.82, 2.24) is 29.7 Å². The number of allylic oxidation sites excluding steroid dienone is 2. The maximum Gasteiger partial charge on any atom is 0.272 e. The van der Waals surface area contributed by atoms with E-state index in [1.54, 1.807) is 32.3 Å². The molecule has 3 fully saturated rings. The number of amides is 3. The predicted molar refractivity (Wildman–Crippen MR) is 210 cm³/mol. The molecule has 0 bridgehead atoms. The molecule has 2 saturated carbocycles. The Kier molecular flexibility index (Phi) is 11.3. The van der Waals surface area contributed by atoms with Gasteiger partial charge in [0, 0.05) is 37.5 Å². The first-order chi connectivity index (χ1) is 27.5. The van der Waals surface area contributed by atoms with Gasteiger partial charge in [-0.05, 0) is 83.4 Å². The average Bonchev–Trinajstić information content (AvgIpc) is 3.96. The highest BCUT2D eigenvalue weighted by Gasteiger charge is 2.62. The standard InChI is InChI=1S/C41H51FN6O9S/c1-24(2)56-34-20-33(27-13-14-28(42)36(55-5)35(27)44-34)57-26-19-31-32(49)22-41(39(52)46-58(53,54)40(3)16-17-40)21-25(41)11-9-7-6-8-10-12-30(38(51)48(31)23-26)43-37(50)29-15-18-47(4)45-29/h9,11,13-15,18,20,24-26,30-31H,6-8,10,12,16-17,19,21-23H2,1-5H3,(H,43,50)(H,46,52)/b11-9-/t25-,26-,30+,31+,41-/m1/s1. The second-order valence-electron chi connectivity index (χ2n) is 16.5. The summed E-state index contributed by atoms with van der Waals surface area (Å²) in [5.74, 6) is -2.91. The first-order valence-corrected chi connectivity index (χ1v) is 21.4. The Morgan fingerprint density at radius 3 is 2.57 bits per heavy atom.